The van der Waals surface area contributed by atoms with Gasteiger partial charge in [-0.1, -0.05) is 18.5 Å². The van der Waals surface area contributed by atoms with Crippen molar-refractivity contribution in [3.05, 3.63) is 22.2 Å². The molecule has 4 heteroatoms. The topological polar surface area (TPSA) is 38.7 Å². The Balaban J connectivity index is 2.21. The Hall–Kier alpha value is -0.930. The van der Waals surface area contributed by atoms with E-state index in [1.54, 1.807) is 0 Å². The lowest BCUT2D eigenvalue weighted by Gasteiger charge is -2.30. The van der Waals surface area contributed by atoms with Gasteiger partial charge in [0.1, 0.15) is 0 Å². The molecule has 0 amide bonds. The van der Waals surface area contributed by atoms with Crippen molar-refractivity contribution in [1.82, 2.24) is 0 Å². The summed E-state index contributed by atoms with van der Waals surface area (Å²) < 4.78 is 11.4. The van der Waals surface area contributed by atoms with Crippen LogP contribution < -0.4 is 9.47 Å². The molecule has 1 heterocycles. The molecule has 0 radical (unpaired) electrons. The first-order chi connectivity index (χ1) is 8.68. The molecule has 18 heavy (non-hydrogen) atoms. The number of ether oxygens (including phenoxy) is 2. The van der Waals surface area contributed by atoms with Crippen molar-refractivity contribution in [2.75, 3.05) is 13.2 Å². The lowest BCUT2D eigenvalue weighted by Crippen LogP contribution is -2.15. The molecule has 1 aliphatic heterocycles. The standard InChI is InChI=1S/C14H17ClO3/c1-8-3-4-10(16)13-12(8)9(15)7-11-14(13)18-6-2-5-17-11/h7-8,10,16H,2-6H2,1H3/t8?,10-/m0/s1. The molecule has 0 bridgehead atoms. The van der Waals surface area contributed by atoms with Gasteiger partial charge in [0.25, 0.3) is 0 Å². The van der Waals surface area contributed by atoms with Gasteiger partial charge in [-0.25, -0.2) is 0 Å². The number of halogens is 1. The summed E-state index contributed by atoms with van der Waals surface area (Å²) in [6.07, 6.45) is 2.07. The van der Waals surface area contributed by atoms with Crippen LogP contribution in [0.3, 0.4) is 0 Å². The highest BCUT2D eigenvalue weighted by molar-refractivity contribution is 6.31. The van der Waals surface area contributed by atoms with E-state index < -0.39 is 6.10 Å². The van der Waals surface area contributed by atoms with E-state index >= 15 is 0 Å². The Bertz CT molecular complexity index is 473. The zero-order valence-corrected chi connectivity index (χ0v) is 11.2. The van der Waals surface area contributed by atoms with Crippen molar-refractivity contribution in [2.45, 2.75) is 38.2 Å². The number of hydrogen-bond acceptors (Lipinski definition) is 3. The van der Waals surface area contributed by atoms with E-state index in [0.717, 1.165) is 30.4 Å². The Morgan fingerprint density at radius 2 is 2.00 bits per heavy atom. The molecule has 1 aromatic rings. The lowest BCUT2D eigenvalue weighted by molar-refractivity contribution is 0.145. The quantitative estimate of drug-likeness (QED) is 0.783. The second-order valence-corrected chi connectivity index (χ2v) is 5.46. The zero-order chi connectivity index (χ0) is 12.7. The molecule has 0 saturated carbocycles. The van der Waals surface area contributed by atoms with Crippen LogP contribution in [0.5, 0.6) is 11.5 Å². The number of fused-ring (bicyclic) bond motifs is 3. The Labute approximate surface area is 112 Å². The molecule has 2 aliphatic rings. The highest BCUT2D eigenvalue weighted by Gasteiger charge is 2.32. The van der Waals surface area contributed by atoms with Crippen molar-refractivity contribution < 1.29 is 14.6 Å². The van der Waals surface area contributed by atoms with E-state index in [4.69, 9.17) is 21.1 Å². The van der Waals surface area contributed by atoms with Crippen LogP contribution in [-0.4, -0.2) is 18.3 Å². The summed E-state index contributed by atoms with van der Waals surface area (Å²) in [5.41, 5.74) is 1.87. The Kier molecular flexibility index (Phi) is 3.12. The predicted octanol–water partition coefficient (Wildman–Crippen LogP) is 3.43. The van der Waals surface area contributed by atoms with Gasteiger partial charge in [0, 0.05) is 23.1 Å². The first-order valence-corrected chi connectivity index (χ1v) is 6.86. The molecular formula is C14H17ClO3. The fraction of sp³-hybridized carbons (Fsp3) is 0.571. The maximum Gasteiger partial charge on any atom is 0.167 e. The van der Waals surface area contributed by atoms with Gasteiger partial charge >= 0.3 is 0 Å². The van der Waals surface area contributed by atoms with E-state index in [-0.39, 0.29) is 0 Å². The van der Waals surface area contributed by atoms with Gasteiger partial charge in [-0.05, 0) is 24.3 Å². The number of benzene rings is 1. The van der Waals surface area contributed by atoms with E-state index in [0.29, 0.717) is 35.7 Å². The van der Waals surface area contributed by atoms with Crippen molar-refractivity contribution >= 4 is 11.6 Å². The summed E-state index contributed by atoms with van der Waals surface area (Å²) in [7, 11) is 0. The maximum absolute atomic E-state index is 10.3. The molecular weight excluding hydrogens is 252 g/mol. The molecule has 0 aromatic heterocycles. The van der Waals surface area contributed by atoms with Crippen molar-refractivity contribution in [3.8, 4) is 11.5 Å². The monoisotopic (exact) mass is 268 g/mol. The smallest absolute Gasteiger partial charge is 0.167 e. The van der Waals surface area contributed by atoms with E-state index in [9.17, 15) is 5.11 Å². The SMILES string of the molecule is CC1CC[C@H](O)c2c3c(cc(Cl)c21)OCCCO3. The zero-order valence-electron chi connectivity index (χ0n) is 10.4. The summed E-state index contributed by atoms with van der Waals surface area (Å²) in [4.78, 5) is 0. The molecule has 1 aliphatic carbocycles. The molecule has 0 fully saturated rings. The van der Waals surface area contributed by atoms with E-state index in [1.807, 2.05) is 6.07 Å². The number of aliphatic hydroxyl groups is 1. The fourth-order valence-electron chi connectivity index (χ4n) is 2.84. The van der Waals surface area contributed by atoms with Crippen LogP contribution in [0.1, 0.15) is 49.3 Å². The summed E-state index contributed by atoms with van der Waals surface area (Å²) in [5.74, 6) is 1.73. The molecule has 98 valence electrons. The van der Waals surface area contributed by atoms with E-state index in [2.05, 4.69) is 6.92 Å². The molecule has 0 spiro atoms. The first kappa shape index (κ1) is 12.1. The minimum absolute atomic E-state index is 0.355. The Morgan fingerprint density at radius 3 is 2.83 bits per heavy atom. The normalized spacial score (nSPS) is 26.4. The number of aliphatic hydroxyl groups excluding tert-OH is 1. The highest BCUT2D eigenvalue weighted by atomic mass is 35.5. The Morgan fingerprint density at radius 1 is 1.22 bits per heavy atom. The van der Waals surface area contributed by atoms with Gasteiger partial charge in [0.05, 0.1) is 19.3 Å². The van der Waals surface area contributed by atoms with Crippen molar-refractivity contribution in [3.63, 3.8) is 0 Å². The first-order valence-electron chi connectivity index (χ1n) is 6.48. The molecule has 1 N–H and O–H groups in total. The van der Waals surface area contributed by atoms with Crippen molar-refractivity contribution in [1.29, 1.82) is 0 Å². The highest BCUT2D eigenvalue weighted by Crippen LogP contribution is 2.50. The third-order valence-electron chi connectivity index (χ3n) is 3.77. The number of hydrogen-bond donors (Lipinski definition) is 1. The maximum atomic E-state index is 10.3. The summed E-state index contributed by atoms with van der Waals surface area (Å²) in [6, 6.07) is 1.83. The van der Waals surface area contributed by atoms with Crippen molar-refractivity contribution in [2.24, 2.45) is 0 Å². The van der Waals surface area contributed by atoms with Gasteiger partial charge in [-0.2, -0.15) is 0 Å². The number of rotatable bonds is 0. The summed E-state index contributed by atoms with van der Waals surface area (Å²) >= 11 is 6.35. The predicted molar refractivity (Wildman–Crippen MR) is 69.7 cm³/mol. The molecule has 3 rings (SSSR count). The minimum Gasteiger partial charge on any atom is -0.489 e. The third kappa shape index (κ3) is 1.86. The second kappa shape index (κ2) is 4.63. The fourth-order valence-corrected chi connectivity index (χ4v) is 3.23. The van der Waals surface area contributed by atoms with Crippen LogP contribution in [-0.2, 0) is 0 Å². The largest absolute Gasteiger partial charge is 0.489 e. The van der Waals surface area contributed by atoms with Crippen LogP contribution in [0, 0.1) is 0 Å². The van der Waals surface area contributed by atoms with Gasteiger partial charge in [0.2, 0.25) is 0 Å². The summed E-state index contributed by atoms with van der Waals surface area (Å²) in [6.45, 7) is 3.40. The van der Waals surface area contributed by atoms with Gasteiger partial charge in [-0.15, -0.1) is 0 Å². The molecule has 1 unspecified atom stereocenters. The molecule has 2 atom stereocenters. The van der Waals surface area contributed by atoms with Crippen LogP contribution in [0.15, 0.2) is 6.07 Å². The van der Waals surface area contributed by atoms with Gasteiger partial charge in [0.15, 0.2) is 11.5 Å². The van der Waals surface area contributed by atoms with E-state index in [1.165, 1.54) is 0 Å². The average molecular weight is 269 g/mol. The van der Waals surface area contributed by atoms with Crippen LogP contribution in [0.4, 0.5) is 0 Å². The third-order valence-corrected chi connectivity index (χ3v) is 4.08. The van der Waals surface area contributed by atoms with Gasteiger partial charge < -0.3 is 14.6 Å². The second-order valence-electron chi connectivity index (χ2n) is 5.06. The van der Waals surface area contributed by atoms with Crippen LogP contribution in [0.25, 0.3) is 0 Å². The lowest BCUT2D eigenvalue weighted by atomic mass is 9.81. The van der Waals surface area contributed by atoms with Crippen LogP contribution >= 0.6 is 11.6 Å². The average Bonchev–Trinajstić information content (AvgIpc) is 2.58. The minimum atomic E-state index is -0.495. The molecule has 3 nitrogen and oxygen atoms in total. The molecule has 1 aromatic carbocycles. The molecule has 0 saturated heterocycles. The van der Waals surface area contributed by atoms with Crippen LogP contribution in [0.2, 0.25) is 5.02 Å². The van der Waals surface area contributed by atoms with Gasteiger partial charge in [-0.3, -0.25) is 0 Å². The summed E-state index contributed by atoms with van der Waals surface area (Å²) in [5, 5.41) is 10.9.